The number of halogens is 3. The van der Waals surface area contributed by atoms with Crippen LogP contribution in [0.15, 0.2) is 47.5 Å². The number of aliphatic hydroxyl groups is 1. The average molecular weight is 475 g/mol. The lowest BCUT2D eigenvalue weighted by molar-refractivity contribution is 0.181. The fraction of sp³-hybridized carbons (Fsp3) is 0.316. The zero-order chi connectivity index (χ0) is 18.2. The first-order valence-corrected chi connectivity index (χ1v) is 8.20. The minimum atomic E-state index is -0.699. The Balaban J connectivity index is 0.00000338. The number of hydrogen-bond acceptors (Lipinski definition) is 2. The van der Waals surface area contributed by atoms with Gasteiger partial charge in [-0.1, -0.05) is 29.8 Å². The molecule has 0 aromatic heterocycles. The molecule has 26 heavy (non-hydrogen) atoms. The molecule has 0 spiro atoms. The molecular weight excluding hydrogens is 451 g/mol. The summed E-state index contributed by atoms with van der Waals surface area (Å²) in [6.45, 7) is 4.74. The second-order valence-corrected chi connectivity index (χ2v) is 5.74. The van der Waals surface area contributed by atoms with E-state index in [2.05, 4.69) is 15.6 Å². The normalized spacial score (nSPS) is 12.3. The van der Waals surface area contributed by atoms with Gasteiger partial charge in [-0.3, -0.25) is 0 Å². The van der Waals surface area contributed by atoms with Crippen LogP contribution >= 0.6 is 24.0 Å². The van der Waals surface area contributed by atoms with Crippen molar-refractivity contribution in [2.45, 2.75) is 26.5 Å². The average Bonchev–Trinajstić information content (AvgIpc) is 2.60. The molecule has 0 aliphatic rings. The molecule has 3 N–H and O–H groups in total. The number of benzene rings is 2. The van der Waals surface area contributed by atoms with E-state index >= 15 is 0 Å². The fourth-order valence-electron chi connectivity index (χ4n) is 2.27. The van der Waals surface area contributed by atoms with E-state index in [0.717, 1.165) is 29.3 Å². The van der Waals surface area contributed by atoms with Crippen molar-refractivity contribution >= 4 is 29.9 Å². The molecule has 2 rings (SSSR count). The lowest BCUT2D eigenvalue weighted by Crippen LogP contribution is -2.39. The highest BCUT2D eigenvalue weighted by atomic mass is 127. The van der Waals surface area contributed by atoms with Gasteiger partial charge in [-0.15, -0.1) is 24.0 Å². The Hall–Kier alpha value is -1.74. The molecule has 7 heteroatoms. The van der Waals surface area contributed by atoms with Crippen molar-refractivity contribution in [3.63, 3.8) is 0 Å². The number of aliphatic imine (C=N–C) groups is 1. The summed E-state index contributed by atoms with van der Waals surface area (Å²) in [5, 5.41) is 16.3. The van der Waals surface area contributed by atoms with Crippen molar-refractivity contribution in [1.29, 1.82) is 0 Å². The highest BCUT2D eigenvalue weighted by Crippen LogP contribution is 2.13. The Morgan fingerprint density at radius 2 is 1.81 bits per heavy atom. The molecule has 4 nitrogen and oxygen atoms in total. The molecule has 1 atom stereocenters. The van der Waals surface area contributed by atoms with Crippen LogP contribution in [-0.4, -0.2) is 24.2 Å². The van der Waals surface area contributed by atoms with E-state index in [1.165, 1.54) is 0 Å². The molecule has 0 amide bonds. The minimum absolute atomic E-state index is 0. The Labute approximate surface area is 169 Å². The van der Waals surface area contributed by atoms with E-state index in [-0.39, 0.29) is 42.6 Å². The first-order chi connectivity index (χ1) is 12.0. The second-order valence-electron chi connectivity index (χ2n) is 5.74. The molecule has 0 heterocycles. The maximum Gasteiger partial charge on any atom is 0.191 e. The molecule has 0 fully saturated rings. The lowest BCUT2D eigenvalue weighted by atomic mass is 10.1. The van der Waals surface area contributed by atoms with Gasteiger partial charge in [0.25, 0.3) is 0 Å². The van der Waals surface area contributed by atoms with Crippen LogP contribution in [-0.2, 0) is 6.54 Å². The van der Waals surface area contributed by atoms with Crippen molar-refractivity contribution in [2.75, 3.05) is 13.1 Å². The second kappa shape index (κ2) is 11.1. The van der Waals surface area contributed by atoms with E-state index in [1.807, 2.05) is 38.1 Å². The smallest absolute Gasteiger partial charge is 0.191 e. The Bertz CT molecular complexity index is 723. The molecule has 0 saturated carbocycles. The first-order valence-electron chi connectivity index (χ1n) is 8.20. The summed E-state index contributed by atoms with van der Waals surface area (Å²) in [6, 6.07) is 10.9. The lowest BCUT2D eigenvalue weighted by Gasteiger charge is -2.16. The van der Waals surface area contributed by atoms with Crippen molar-refractivity contribution < 1.29 is 13.9 Å². The molecular formula is C19H24F2IN3O. The predicted molar refractivity (Wildman–Crippen MR) is 111 cm³/mol. The maximum atomic E-state index is 13.7. The van der Waals surface area contributed by atoms with Gasteiger partial charge in [0.15, 0.2) is 5.96 Å². The summed E-state index contributed by atoms with van der Waals surface area (Å²) in [7, 11) is 0. The molecule has 1 unspecified atom stereocenters. The van der Waals surface area contributed by atoms with Gasteiger partial charge in [-0.2, -0.15) is 0 Å². The van der Waals surface area contributed by atoms with Crippen molar-refractivity contribution in [3.05, 3.63) is 70.8 Å². The third-order valence-corrected chi connectivity index (χ3v) is 3.68. The fourth-order valence-corrected chi connectivity index (χ4v) is 2.27. The van der Waals surface area contributed by atoms with Gasteiger partial charge in [0.05, 0.1) is 12.6 Å². The number of nitrogens with zero attached hydrogens (tertiary/aromatic N) is 1. The molecule has 0 aliphatic carbocycles. The van der Waals surface area contributed by atoms with Crippen LogP contribution in [0.5, 0.6) is 0 Å². The standard InChI is InChI=1S/C19H23F2N3O.HI/c1-3-22-19(23-11-15-10-16(20)8-9-17(15)21)24-12-18(25)14-6-4-13(2)5-7-14;/h4-10,18,25H,3,11-12H2,1-2H3,(H2,22,23,24);1H. The van der Waals surface area contributed by atoms with Crippen molar-refractivity contribution in [3.8, 4) is 0 Å². The van der Waals surface area contributed by atoms with Crippen LogP contribution in [0.1, 0.15) is 29.7 Å². The number of aliphatic hydroxyl groups excluding tert-OH is 1. The number of nitrogens with one attached hydrogen (secondary N) is 2. The summed E-state index contributed by atoms with van der Waals surface area (Å²) in [5.74, 6) is -0.572. The van der Waals surface area contributed by atoms with E-state index in [4.69, 9.17) is 0 Å². The van der Waals surface area contributed by atoms with Gasteiger partial charge in [-0.25, -0.2) is 13.8 Å². The number of hydrogen-bond donors (Lipinski definition) is 3. The van der Waals surface area contributed by atoms with Gasteiger partial charge in [0.1, 0.15) is 11.6 Å². The van der Waals surface area contributed by atoms with Gasteiger partial charge < -0.3 is 15.7 Å². The first kappa shape index (κ1) is 22.3. The molecule has 142 valence electrons. The number of aryl methyl sites for hydroxylation is 1. The molecule has 0 radical (unpaired) electrons. The summed E-state index contributed by atoms with van der Waals surface area (Å²) in [4.78, 5) is 4.24. The van der Waals surface area contributed by atoms with Crippen molar-refractivity contribution in [1.82, 2.24) is 10.6 Å². The van der Waals surface area contributed by atoms with E-state index in [0.29, 0.717) is 12.5 Å². The topological polar surface area (TPSA) is 56.7 Å². The van der Waals surface area contributed by atoms with Gasteiger partial charge >= 0.3 is 0 Å². The Kier molecular flexibility index (Phi) is 9.50. The summed E-state index contributed by atoms with van der Waals surface area (Å²) < 4.78 is 26.9. The van der Waals surface area contributed by atoms with Crippen LogP contribution in [0.3, 0.4) is 0 Å². The van der Waals surface area contributed by atoms with E-state index < -0.39 is 17.7 Å². The van der Waals surface area contributed by atoms with Crippen LogP contribution in [0, 0.1) is 18.6 Å². The van der Waals surface area contributed by atoms with Crippen LogP contribution in [0.25, 0.3) is 0 Å². The number of guanidine groups is 1. The van der Waals surface area contributed by atoms with Crippen molar-refractivity contribution in [2.24, 2.45) is 4.99 Å². The third-order valence-electron chi connectivity index (χ3n) is 3.68. The Morgan fingerprint density at radius 3 is 2.46 bits per heavy atom. The van der Waals surface area contributed by atoms with Crippen LogP contribution in [0.4, 0.5) is 8.78 Å². The van der Waals surface area contributed by atoms with E-state index in [1.54, 1.807) is 0 Å². The molecule has 0 saturated heterocycles. The molecule has 2 aromatic carbocycles. The van der Waals surface area contributed by atoms with Gasteiger partial charge in [0.2, 0.25) is 0 Å². The summed E-state index contributed by atoms with van der Waals surface area (Å²) in [6.07, 6.45) is -0.699. The highest BCUT2D eigenvalue weighted by Gasteiger charge is 2.09. The van der Waals surface area contributed by atoms with Crippen LogP contribution in [0.2, 0.25) is 0 Å². The van der Waals surface area contributed by atoms with Gasteiger partial charge in [-0.05, 0) is 37.6 Å². The SMILES string of the molecule is CCNC(=NCc1cc(F)ccc1F)NCC(O)c1ccc(C)cc1.I. The van der Waals surface area contributed by atoms with Gasteiger partial charge in [0, 0.05) is 18.7 Å². The number of rotatable bonds is 6. The minimum Gasteiger partial charge on any atom is -0.387 e. The largest absolute Gasteiger partial charge is 0.387 e. The predicted octanol–water partition coefficient (Wildman–Crippen LogP) is 3.68. The maximum absolute atomic E-state index is 13.7. The Morgan fingerprint density at radius 1 is 1.12 bits per heavy atom. The molecule has 2 aromatic rings. The molecule has 0 bridgehead atoms. The molecule has 0 aliphatic heterocycles. The summed E-state index contributed by atoms with van der Waals surface area (Å²) in [5.41, 5.74) is 2.09. The quantitative estimate of drug-likeness (QED) is 0.340. The zero-order valence-corrected chi connectivity index (χ0v) is 17.1. The third kappa shape index (κ3) is 6.87. The van der Waals surface area contributed by atoms with Crippen LogP contribution < -0.4 is 10.6 Å². The zero-order valence-electron chi connectivity index (χ0n) is 14.8. The highest BCUT2D eigenvalue weighted by molar-refractivity contribution is 14.0. The van der Waals surface area contributed by atoms with E-state index in [9.17, 15) is 13.9 Å². The monoisotopic (exact) mass is 475 g/mol. The summed E-state index contributed by atoms with van der Waals surface area (Å²) >= 11 is 0.